The molecule has 0 radical (unpaired) electrons. The Hall–Kier alpha value is -0.760. The van der Waals surface area contributed by atoms with Crippen LogP contribution >= 0.6 is 0 Å². The third-order valence-corrected chi connectivity index (χ3v) is 3.69. The Labute approximate surface area is 113 Å². The van der Waals surface area contributed by atoms with Gasteiger partial charge >= 0.3 is 0 Å². The van der Waals surface area contributed by atoms with Crippen molar-refractivity contribution in [1.29, 1.82) is 0 Å². The molecule has 0 saturated carbocycles. The average Bonchev–Trinajstić information content (AvgIpc) is 2.35. The normalized spacial score (nSPS) is 22.7. The van der Waals surface area contributed by atoms with Crippen LogP contribution in [0, 0.1) is 5.92 Å². The molecule has 1 heterocycles. The molecule has 1 unspecified atom stereocenters. The van der Waals surface area contributed by atoms with Gasteiger partial charge in [0, 0.05) is 18.8 Å². The molecule has 1 aliphatic heterocycles. The Bertz CT molecular complexity index is 281. The second kappa shape index (κ2) is 8.36. The van der Waals surface area contributed by atoms with Gasteiger partial charge in [0.25, 0.3) is 0 Å². The number of nitrogens with zero attached hydrogens (tertiary/aromatic N) is 2. The molecule has 1 atom stereocenters. The highest BCUT2D eigenvalue weighted by Crippen LogP contribution is 2.19. The second-order valence-electron chi connectivity index (χ2n) is 5.54. The van der Waals surface area contributed by atoms with E-state index in [1.165, 1.54) is 51.0 Å². The van der Waals surface area contributed by atoms with Crippen molar-refractivity contribution in [1.82, 2.24) is 9.80 Å². The number of allylic oxidation sites excluding steroid dienone is 3. The summed E-state index contributed by atoms with van der Waals surface area (Å²) >= 11 is 0. The molecular formula is C16H30N2. The maximum absolute atomic E-state index is 2.47. The minimum absolute atomic E-state index is 0.810. The van der Waals surface area contributed by atoms with Crippen molar-refractivity contribution in [3.63, 3.8) is 0 Å². The van der Waals surface area contributed by atoms with Crippen LogP contribution in [0.1, 0.15) is 46.5 Å². The van der Waals surface area contributed by atoms with Crippen LogP contribution in [0.2, 0.25) is 0 Å². The predicted molar refractivity (Wildman–Crippen MR) is 80.4 cm³/mol. The highest BCUT2D eigenvalue weighted by Gasteiger charge is 2.19. The van der Waals surface area contributed by atoms with Crippen molar-refractivity contribution in [2.45, 2.75) is 46.5 Å². The van der Waals surface area contributed by atoms with E-state index in [1.54, 1.807) is 0 Å². The minimum atomic E-state index is 0.810. The largest absolute Gasteiger partial charge is 0.352 e. The number of hydrogen-bond donors (Lipinski definition) is 0. The fourth-order valence-electron chi connectivity index (χ4n) is 2.67. The Morgan fingerprint density at radius 2 is 2.22 bits per heavy atom. The van der Waals surface area contributed by atoms with E-state index in [4.69, 9.17) is 0 Å². The van der Waals surface area contributed by atoms with Crippen molar-refractivity contribution in [2.24, 2.45) is 5.92 Å². The van der Waals surface area contributed by atoms with E-state index in [2.05, 4.69) is 56.0 Å². The highest BCUT2D eigenvalue weighted by molar-refractivity contribution is 5.03. The van der Waals surface area contributed by atoms with E-state index in [0.717, 1.165) is 5.92 Å². The van der Waals surface area contributed by atoms with E-state index in [0.29, 0.717) is 0 Å². The molecule has 1 fully saturated rings. The lowest BCUT2D eigenvalue weighted by Gasteiger charge is -2.33. The van der Waals surface area contributed by atoms with Crippen molar-refractivity contribution >= 4 is 0 Å². The standard InChI is InChI=1S/C16H30N2/c1-5-7-9-15(3)18(11-6-2)14-16-10-8-12-17(4)13-16/h6,9,11,16H,5,7-8,10,12-14H2,1-4H3/b11-6-,15-9-. The van der Waals surface area contributed by atoms with Gasteiger partial charge in [-0.05, 0) is 58.8 Å². The smallest absolute Gasteiger partial charge is 0.0262 e. The topological polar surface area (TPSA) is 6.48 Å². The monoisotopic (exact) mass is 250 g/mol. The summed E-state index contributed by atoms with van der Waals surface area (Å²) in [5.74, 6) is 0.810. The molecular weight excluding hydrogens is 220 g/mol. The van der Waals surface area contributed by atoms with Crippen molar-refractivity contribution in [3.8, 4) is 0 Å². The van der Waals surface area contributed by atoms with E-state index < -0.39 is 0 Å². The molecule has 1 saturated heterocycles. The van der Waals surface area contributed by atoms with Gasteiger partial charge in [0.1, 0.15) is 0 Å². The van der Waals surface area contributed by atoms with Gasteiger partial charge in [0.2, 0.25) is 0 Å². The lowest BCUT2D eigenvalue weighted by molar-refractivity contribution is 0.186. The summed E-state index contributed by atoms with van der Waals surface area (Å²) in [6, 6.07) is 0. The number of unbranched alkanes of at least 4 members (excludes halogenated alkanes) is 1. The van der Waals surface area contributed by atoms with Crippen LogP contribution in [-0.2, 0) is 0 Å². The van der Waals surface area contributed by atoms with Crippen LogP contribution in [0.25, 0.3) is 0 Å². The molecule has 1 rings (SSSR count). The lowest BCUT2D eigenvalue weighted by atomic mass is 9.98. The summed E-state index contributed by atoms with van der Waals surface area (Å²) in [7, 11) is 2.24. The molecule has 104 valence electrons. The van der Waals surface area contributed by atoms with Crippen LogP contribution < -0.4 is 0 Å². The van der Waals surface area contributed by atoms with E-state index in [9.17, 15) is 0 Å². The molecule has 0 aliphatic carbocycles. The number of piperidine rings is 1. The van der Waals surface area contributed by atoms with Crippen molar-refractivity contribution in [3.05, 3.63) is 24.0 Å². The van der Waals surface area contributed by atoms with Gasteiger partial charge in [-0.3, -0.25) is 0 Å². The first-order chi connectivity index (χ1) is 8.67. The van der Waals surface area contributed by atoms with Gasteiger partial charge in [-0.15, -0.1) is 0 Å². The number of likely N-dealkylation sites (tertiary alicyclic amines) is 1. The summed E-state index contributed by atoms with van der Waals surface area (Å²) < 4.78 is 0. The first kappa shape index (κ1) is 15.3. The molecule has 0 spiro atoms. The molecule has 0 aromatic heterocycles. The van der Waals surface area contributed by atoms with E-state index >= 15 is 0 Å². The first-order valence-corrected chi connectivity index (χ1v) is 7.42. The number of rotatable bonds is 6. The molecule has 0 aromatic carbocycles. The Morgan fingerprint density at radius 1 is 1.44 bits per heavy atom. The van der Waals surface area contributed by atoms with Gasteiger partial charge < -0.3 is 9.80 Å². The fraction of sp³-hybridized carbons (Fsp3) is 0.750. The molecule has 18 heavy (non-hydrogen) atoms. The third-order valence-electron chi connectivity index (χ3n) is 3.69. The predicted octanol–water partition coefficient (Wildman–Crippen LogP) is 3.87. The summed E-state index contributed by atoms with van der Waals surface area (Å²) in [6.45, 7) is 10.3. The summed E-state index contributed by atoms with van der Waals surface area (Å²) in [6.07, 6.45) is 11.9. The van der Waals surface area contributed by atoms with Crippen LogP contribution in [0.3, 0.4) is 0 Å². The first-order valence-electron chi connectivity index (χ1n) is 7.42. The average molecular weight is 250 g/mol. The molecule has 0 N–H and O–H groups in total. The SMILES string of the molecule is C/C=C\N(CC1CCCN(C)C1)/C(C)=C\CCC. The molecule has 0 bridgehead atoms. The van der Waals surface area contributed by atoms with Crippen molar-refractivity contribution in [2.75, 3.05) is 26.7 Å². The maximum atomic E-state index is 2.47. The summed E-state index contributed by atoms with van der Waals surface area (Å²) in [5, 5.41) is 0. The summed E-state index contributed by atoms with van der Waals surface area (Å²) in [4.78, 5) is 4.90. The zero-order chi connectivity index (χ0) is 13.4. The summed E-state index contributed by atoms with van der Waals surface area (Å²) in [5.41, 5.74) is 1.41. The minimum Gasteiger partial charge on any atom is -0.352 e. The van der Waals surface area contributed by atoms with Crippen LogP contribution in [0.15, 0.2) is 24.0 Å². The van der Waals surface area contributed by atoms with Crippen LogP contribution in [-0.4, -0.2) is 36.5 Å². The Kier molecular flexibility index (Phi) is 7.11. The molecule has 2 nitrogen and oxygen atoms in total. The zero-order valence-electron chi connectivity index (χ0n) is 12.7. The molecule has 1 aliphatic rings. The fourth-order valence-corrected chi connectivity index (χ4v) is 2.67. The van der Waals surface area contributed by atoms with Gasteiger partial charge in [-0.1, -0.05) is 25.5 Å². The zero-order valence-corrected chi connectivity index (χ0v) is 12.7. The van der Waals surface area contributed by atoms with Crippen LogP contribution in [0.5, 0.6) is 0 Å². The quantitative estimate of drug-likeness (QED) is 0.706. The Balaban J connectivity index is 2.56. The van der Waals surface area contributed by atoms with E-state index in [1.807, 2.05) is 0 Å². The van der Waals surface area contributed by atoms with Gasteiger partial charge in [-0.2, -0.15) is 0 Å². The third kappa shape index (κ3) is 5.26. The maximum Gasteiger partial charge on any atom is 0.0262 e. The van der Waals surface area contributed by atoms with Crippen LogP contribution in [0.4, 0.5) is 0 Å². The Morgan fingerprint density at radius 3 is 2.83 bits per heavy atom. The van der Waals surface area contributed by atoms with Gasteiger partial charge in [-0.25, -0.2) is 0 Å². The van der Waals surface area contributed by atoms with Gasteiger partial charge in [0.15, 0.2) is 0 Å². The van der Waals surface area contributed by atoms with Gasteiger partial charge in [0.05, 0.1) is 0 Å². The number of hydrogen-bond acceptors (Lipinski definition) is 2. The lowest BCUT2D eigenvalue weighted by Crippen LogP contribution is -2.37. The molecule has 0 aromatic rings. The molecule has 2 heteroatoms. The molecule has 0 amide bonds. The van der Waals surface area contributed by atoms with E-state index in [-0.39, 0.29) is 0 Å². The second-order valence-corrected chi connectivity index (χ2v) is 5.54. The highest BCUT2D eigenvalue weighted by atomic mass is 15.1. The van der Waals surface area contributed by atoms with Crippen molar-refractivity contribution < 1.29 is 0 Å².